The highest BCUT2D eigenvalue weighted by Gasteiger charge is 2.39. The molecule has 4 N–H and O–H groups in total. The van der Waals surface area contributed by atoms with E-state index in [1.807, 2.05) is 0 Å². The number of rotatable bonds is 5. The van der Waals surface area contributed by atoms with Gasteiger partial charge in [-0.25, -0.2) is 0 Å². The lowest BCUT2D eigenvalue weighted by Gasteiger charge is -2.40. The first-order chi connectivity index (χ1) is 15.7. The van der Waals surface area contributed by atoms with Gasteiger partial charge in [-0.1, -0.05) is 22.1 Å². The van der Waals surface area contributed by atoms with Crippen molar-refractivity contribution in [2.24, 2.45) is 11.7 Å². The molecule has 34 heavy (non-hydrogen) atoms. The number of alkyl halides is 5. The minimum Gasteiger partial charge on any atom is -0.389 e. The summed E-state index contributed by atoms with van der Waals surface area (Å²) in [6, 6.07) is 1.45. The summed E-state index contributed by atoms with van der Waals surface area (Å²) in [4.78, 5) is 26.9. The van der Waals surface area contributed by atoms with E-state index in [4.69, 9.17) is 5.73 Å². The van der Waals surface area contributed by atoms with Crippen molar-refractivity contribution in [3.05, 3.63) is 29.3 Å². The number of hydrogen-bond acceptors (Lipinski definition) is 4. The number of aliphatic hydroxyl groups is 1. The van der Waals surface area contributed by atoms with Crippen molar-refractivity contribution in [1.29, 1.82) is 0 Å². The highest BCUT2D eigenvalue weighted by molar-refractivity contribution is 7.17. The second-order valence-corrected chi connectivity index (χ2v) is 9.97. The van der Waals surface area contributed by atoms with Gasteiger partial charge in [0.2, 0.25) is 11.8 Å². The summed E-state index contributed by atoms with van der Waals surface area (Å²) in [5, 5.41) is 13.0. The fraction of sp³-hybridized carbons (Fsp3) is 0.636. The predicted molar refractivity (Wildman–Crippen MR) is 119 cm³/mol. The fourth-order valence-electron chi connectivity index (χ4n) is 4.58. The third-order valence-corrected chi connectivity index (χ3v) is 6.89. The van der Waals surface area contributed by atoms with Gasteiger partial charge in [-0.3, -0.25) is 9.59 Å². The van der Waals surface area contributed by atoms with Crippen LogP contribution in [0.2, 0.25) is 0 Å². The van der Waals surface area contributed by atoms with Crippen LogP contribution in [0.25, 0.3) is 0 Å². The van der Waals surface area contributed by atoms with Crippen LogP contribution in [0.5, 0.6) is 0 Å². The maximum Gasteiger partial charge on any atom is 0.416 e. The van der Waals surface area contributed by atoms with E-state index in [0.29, 0.717) is 12.1 Å². The molecule has 1 aromatic carbocycles. The molecule has 3 rings (SSSR count). The van der Waals surface area contributed by atoms with E-state index < -0.39 is 46.6 Å². The summed E-state index contributed by atoms with van der Waals surface area (Å²) >= 11 is 0. The zero-order chi connectivity index (χ0) is 25.3. The van der Waals surface area contributed by atoms with E-state index in [0.717, 1.165) is 41.0 Å². The number of piperidine rings is 1. The molecule has 0 radical (unpaired) electrons. The summed E-state index contributed by atoms with van der Waals surface area (Å²) in [6.07, 6.45) is -1.70. The molecule has 1 saturated carbocycles. The number of nitrogens with zero attached hydrogens (tertiary/aromatic N) is 1. The number of carbonyl (C=O) groups is 2. The van der Waals surface area contributed by atoms with Gasteiger partial charge in [0.1, 0.15) is 0 Å². The third-order valence-electron chi connectivity index (χ3n) is 6.56. The molecule has 3 atom stereocenters. The normalized spacial score (nSPS) is 23.5. The van der Waals surface area contributed by atoms with Crippen LogP contribution < -0.4 is 11.1 Å². The number of benzene rings is 1. The van der Waals surface area contributed by atoms with Gasteiger partial charge < -0.3 is 21.1 Å². The minimum absolute atomic E-state index is 0.0615. The summed E-state index contributed by atoms with van der Waals surface area (Å²) < 4.78 is 66.6. The lowest BCUT2D eigenvalue weighted by Crippen LogP contribution is -2.52. The van der Waals surface area contributed by atoms with Gasteiger partial charge in [-0.05, 0) is 43.9 Å². The summed E-state index contributed by atoms with van der Waals surface area (Å²) in [7, 11) is 1.16. The lowest BCUT2D eigenvalue weighted by atomic mass is 9.82. The van der Waals surface area contributed by atoms with E-state index in [1.165, 1.54) is 0 Å². The summed E-state index contributed by atoms with van der Waals surface area (Å²) in [5.74, 6) is -1.13. The number of carbonyl (C=O) groups excluding carboxylic acids is 2. The number of nitrogens with two attached hydrogens (primary N) is 1. The second kappa shape index (κ2) is 10.0. The molecule has 1 heterocycles. The molecule has 12 heteroatoms. The van der Waals surface area contributed by atoms with Crippen LogP contribution in [-0.2, 0) is 21.4 Å². The van der Waals surface area contributed by atoms with Crippen LogP contribution in [0.1, 0.15) is 56.1 Å². The monoisotopic (exact) mass is 509 g/mol. The number of anilines is 1. The minimum atomic E-state index is -4.89. The third kappa shape index (κ3) is 6.64. The van der Waals surface area contributed by atoms with Gasteiger partial charge in [-0.15, -0.1) is 0 Å². The average molecular weight is 509 g/mol. The highest BCUT2D eigenvalue weighted by Crippen LogP contribution is 2.40. The maximum atomic E-state index is 13.6. The SMILES string of the molecule is N[C@@H]1CCCC[C@@H]1C(=O)N1CCC(O)(CC(=O)Nc2cc(C(F)(F)F)cc(C(F)(F)P)c2)CC1. The first kappa shape index (κ1) is 26.8. The topological polar surface area (TPSA) is 95.7 Å². The molecular weight excluding hydrogens is 480 g/mol. The van der Waals surface area contributed by atoms with Crippen LogP contribution in [-0.4, -0.2) is 46.6 Å². The van der Waals surface area contributed by atoms with Crippen molar-refractivity contribution in [2.75, 3.05) is 18.4 Å². The Morgan fingerprint density at radius 1 is 1.09 bits per heavy atom. The molecule has 0 spiro atoms. The maximum absolute atomic E-state index is 13.6. The molecule has 1 aliphatic heterocycles. The van der Waals surface area contributed by atoms with Crippen LogP contribution in [0.4, 0.5) is 27.6 Å². The Bertz CT molecular complexity index is 882. The van der Waals surface area contributed by atoms with E-state index in [9.17, 15) is 36.6 Å². The predicted octanol–water partition coefficient (Wildman–Crippen LogP) is 3.83. The van der Waals surface area contributed by atoms with Crippen molar-refractivity contribution in [3.63, 3.8) is 0 Å². The molecule has 1 unspecified atom stereocenters. The second-order valence-electron chi connectivity index (χ2n) is 9.25. The number of hydrogen-bond donors (Lipinski definition) is 3. The number of nitrogens with one attached hydrogen (secondary N) is 1. The van der Waals surface area contributed by atoms with E-state index in [2.05, 4.69) is 5.32 Å². The Morgan fingerprint density at radius 2 is 1.68 bits per heavy atom. The first-order valence-corrected chi connectivity index (χ1v) is 11.7. The van der Waals surface area contributed by atoms with Crippen LogP contribution in [0.3, 0.4) is 0 Å². The smallest absolute Gasteiger partial charge is 0.389 e. The number of amides is 2. The zero-order valence-corrected chi connectivity index (χ0v) is 19.7. The fourth-order valence-corrected chi connectivity index (χ4v) is 4.75. The van der Waals surface area contributed by atoms with Crippen molar-refractivity contribution in [2.45, 2.75) is 68.4 Å². The Balaban J connectivity index is 1.62. The molecule has 1 aliphatic carbocycles. The molecular formula is C22H29F5N3O3P. The van der Waals surface area contributed by atoms with Gasteiger partial charge in [0.15, 0.2) is 0 Å². The Hall–Kier alpha value is -1.84. The molecule has 6 nitrogen and oxygen atoms in total. The molecule has 1 aromatic rings. The Labute approximate surface area is 196 Å². The van der Waals surface area contributed by atoms with E-state index >= 15 is 0 Å². The van der Waals surface area contributed by atoms with Gasteiger partial charge >= 0.3 is 6.18 Å². The van der Waals surface area contributed by atoms with E-state index in [-0.39, 0.29) is 43.8 Å². The Kier molecular flexibility index (Phi) is 7.89. The van der Waals surface area contributed by atoms with Crippen LogP contribution in [0, 0.1) is 5.92 Å². The Morgan fingerprint density at radius 3 is 2.24 bits per heavy atom. The molecule has 190 valence electrons. The zero-order valence-electron chi connectivity index (χ0n) is 18.5. The van der Waals surface area contributed by atoms with Gasteiger partial charge in [0, 0.05) is 30.4 Å². The van der Waals surface area contributed by atoms with Crippen molar-refractivity contribution >= 4 is 26.7 Å². The van der Waals surface area contributed by atoms with Gasteiger partial charge in [0.05, 0.1) is 23.5 Å². The van der Waals surface area contributed by atoms with Gasteiger partial charge in [-0.2, -0.15) is 22.0 Å². The van der Waals surface area contributed by atoms with Crippen molar-refractivity contribution in [3.8, 4) is 0 Å². The van der Waals surface area contributed by atoms with Gasteiger partial charge in [0.25, 0.3) is 5.66 Å². The molecule has 2 amide bonds. The molecule has 1 saturated heterocycles. The largest absolute Gasteiger partial charge is 0.416 e. The van der Waals surface area contributed by atoms with Crippen molar-refractivity contribution < 1.29 is 36.6 Å². The molecule has 2 aliphatic rings. The molecule has 0 aromatic heterocycles. The average Bonchev–Trinajstić information content (AvgIpc) is 2.72. The first-order valence-electron chi connectivity index (χ1n) is 11.1. The lowest BCUT2D eigenvalue weighted by molar-refractivity contribution is -0.142. The standard InChI is InChI=1S/C22H29F5N3O3P/c23-21(24,25)13-9-14(22(26,27)34)11-15(10-13)29-18(31)12-20(33)5-7-30(8-6-20)19(32)16-3-1-2-4-17(16)28/h9-11,16-17,33H,1-8,12,28,34H2,(H,29,31)/t16-,17+/m0/s1. The molecule has 0 bridgehead atoms. The van der Waals surface area contributed by atoms with E-state index in [1.54, 1.807) is 4.90 Å². The summed E-state index contributed by atoms with van der Waals surface area (Å²) in [6.45, 7) is 0.442. The summed E-state index contributed by atoms with van der Waals surface area (Å²) in [5.41, 5.74) is -1.70. The number of halogens is 5. The van der Waals surface area contributed by atoms with Crippen LogP contribution in [0.15, 0.2) is 18.2 Å². The molecule has 2 fully saturated rings. The quantitative estimate of drug-likeness (QED) is 0.416. The van der Waals surface area contributed by atoms with Crippen molar-refractivity contribution in [1.82, 2.24) is 4.90 Å². The highest BCUT2D eigenvalue weighted by atomic mass is 31.0. The number of likely N-dealkylation sites (tertiary alicyclic amines) is 1. The van der Waals surface area contributed by atoms with Crippen LogP contribution >= 0.6 is 9.24 Å².